The lowest BCUT2D eigenvalue weighted by Gasteiger charge is -2.23. The summed E-state index contributed by atoms with van der Waals surface area (Å²) in [4.78, 5) is 12.9. The monoisotopic (exact) mass is 216 g/mol. The molecule has 0 bridgehead atoms. The average molecular weight is 216 g/mol. The number of carbonyl (C=O) groups is 1. The number of anilines is 1. The van der Waals surface area contributed by atoms with E-state index in [2.05, 4.69) is 0 Å². The molecule has 1 aliphatic rings. The molecule has 1 heterocycles. The first-order valence-electron chi connectivity index (χ1n) is 5.22. The molecule has 1 saturated heterocycles. The number of benzene rings is 1. The van der Waals surface area contributed by atoms with E-state index in [1.54, 1.807) is 24.3 Å². The highest BCUT2D eigenvalue weighted by atomic mass is 16.4. The largest absolute Gasteiger partial charge is 0.480 e. The van der Waals surface area contributed by atoms with Crippen molar-refractivity contribution in [3.63, 3.8) is 0 Å². The van der Waals surface area contributed by atoms with E-state index in [-0.39, 0.29) is 0 Å². The van der Waals surface area contributed by atoms with E-state index in [4.69, 9.17) is 10.4 Å². The summed E-state index contributed by atoms with van der Waals surface area (Å²) < 4.78 is 0. The predicted molar refractivity (Wildman–Crippen MR) is 59.2 cm³/mol. The summed E-state index contributed by atoms with van der Waals surface area (Å²) in [6.45, 7) is 0.767. The van der Waals surface area contributed by atoms with Crippen LogP contribution in [0.1, 0.15) is 18.4 Å². The topological polar surface area (TPSA) is 64.3 Å². The Morgan fingerprint density at radius 2 is 2.12 bits per heavy atom. The van der Waals surface area contributed by atoms with Crippen molar-refractivity contribution in [2.45, 2.75) is 18.9 Å². The van der Waals surface area contributed by atoms with E-state index in [9.17, 15) is 4.79 Å². The Bertz CT molecular complexity index is 433. The lowest BCUT2D eigenvalue weighted by atomic mass is 10.2. The van der Waals surface area contributed by atoms with Crippen molar-refractivity contribution >= 4 is 11.7 Å². The van der Waals surface area contributed by atoms with Gasteiger partial charge in [-0.05, 0) is 37.1 Å². The molecule has 1 atom stereocenters. The second-order valence-corrected chi connectivity index (χ2v) is 3.85. The number of rotatable bonds is 2. The molecule has 4 heteroatoms. The predicted octanol–water partition coefficient (Wildman–Crippen LogP) is 1.61. The molecule has 0 aliphatic carbocycles. The molecule has 4 nitrogen and oxygen atoms in total. The van der Waals surface area contributed by atoms with Gasteiger partial charge in [-0.15, -0.1) is 0 Å². The second kappa shape index (κ2) is 4.23. The van der Waals surface area contributed by atoms with Gasteiger partial charge in [0.25, 0.3) is 0 Å². The van der Waals surface area contributed by atoms with E-state index in [1.165, 1.54) is 0 Å². The number of aliphatic carboxylic acids is 1. The molecular weight excluding hydrogens is 204 g/mol. The Morgan fingerprint density at radius 1 is 1.44 bits per heavy atom. The van der Waals surface area contributed by atoms with Gasteiger partial charge in [0.1, 0.15) is 6.04 Å². The second-order valence-electron chi connectivity index (χ2n) is 3.85. The summed E-state index contributed by atoms with van der Waals surface area (Å²) in [7, 11) is 0. The van der Waals surface area contributed by atoms with Crippen LogP contribution in [0.2, 0.25) is 0 Å². The zero-order valence-corrected chi connectivity index (χ0v) is 8.76. The molecule has 1 aliphatic heterocycles. The van der Waals surface area contributed by atoms with E-state index >= 15 is 0 Å². The minimum absolute atomic E-state index is 0.423. The van der Waals surface area contributed by atoms with Crippen LogP contribution in [0.25, 0.3) is 0 Å². The van der Waals surface area contributed by atoms with Gasteiger partial charge in [0.15, 0.2) is 0 Å². The molecule has 1 unspecified atom stereocenters. The van der Waals surface area contributed by atoms with Gasteiger partial charge in [0.2, 0.25) is 0 Å². The highest BCUT2D eigenvalue weighted by molar-refractivity contribution is 5.79. The Labute approximate surface area is 93.7 Å². The van der Waals surface area contributed by atoms with Crippen molar-refractivity contribution in [2.24, 2.45) is 0 Å². The Kier molecular flexibility index (Phi) is 2.78. The van der Waals surface area contributed by atoms with Crippen LogP contribution in [0.4, 0.5) is 5.69 Å². The summed E-state index contributed by atoms with van der Waals surface area (Å²) in [6.07, 6.45) is 1.59. The van der Waals surface area contributed by atoms with Crippen LogP contribution in [0.15, 0.2) is 24.3 Å². The van der Waals surface area contributed by atoms with E-state index in [0.29, 0.717) is 12.0 Å². The molecule has 0 aromatic heterocycles. The highest BCUT2D eigenvalue weighted by Crippen LogP contribution is 2.25. The van der Waals surface area contributed by atoms with Gasteiger partial charge in [-0.1, -0.05) is 0 Å². The maximum absolute atomic E-state index is 11.0. The summed E-state index contributed by atoms with van der Waals surface area (Å²) >= 11 is 0. The SMILES string of the molecule is N#Cc1ccc(N2CCCC2C(=O)O)cc1. The molecule has 1 aromatic carbocycles. The minimum atomic E-state index is -0.776. The van der Waals surface area contributed by atoms with E-state index in [0.717, 1.165) is 18.7 Å². The van der Waals surface area contributed by atoms with Crippen molar-refractivity contribution in [3.05, 3.63) is 29.8 Å². The van der Waals surface area contributed by atoms with Crippen molar-refractivity contribution in [2.75, 3.05) is 11.4 Å². The first-order valence-corrected chi connectivity index (χ1v) is 5.22. The third-order valence-corrected chi connectivity index (χ3v) is 2.87. The third-order valence-electron chi connectivity index (χ3n) is 2.87. The van der Waals surface area contributed by atoms with Crippen LogP contribution in [-0.4, -0.2) is 23.7 Å². The molecule has 1 N–H and O–H groups in total. The lowest BCUT2D eigenvalue weighted by Crippen LogP contribution is -2.35. The first kappa shape index (κ1) is 10.5. The first-order chi connectivity index (χ1) is 7.72. The smallest absolute Gasteiger partial charge is 0.326 e. The highest BCUT2D eigenvalue weighted by Gasteiger charge is 2.30. The molecule has 0 saturated carbocycles. The quantitative estimate of drug-likeness (QED) is 0.815. The van der Waals surface area contributed by atoms with Gasteiger partial charge in [-0.3, -0.25) is 0 Å². The molecule has 0 amide bonds. The number of nitriles is 1. The maximum atomic E-state index is 11.0. The molecule has 16 heavy (non-hydrogen) atoms. The summed E-state index contributed by atoms with van der Waals surface area (Å²) in [5.41, 5.74) is 1.47. The van der Waals surface area contributed by atoms with Crippen LogP contribution in [0.5, 0.6) is 0 Å². The van der Waals surface area contributed by atoms with Crippen LogP contribution >= 0.6 is 0 Å². The van der Waals surface area contributed by atoms with Crippen LogP contribution < -0.4 is 4.90 Å². The van der Waals surface area contributed by atoms with Gasteiger partial charge in [-0.25, -0.2) is 4.79 Å². The molecule has 1 aromatic rings. The fourth-order valence-electron chi connectivity index (χ4n) is 2.06. The fourth-order valence-corrected chi connectivity index (χ4v) is 2.06. The van der Waals surface area contributed by atoms with E-state index < -0.39 is 12.0 Å². The van der Waals surface area contributed by atoms with Crippen molar-refractivity contribution in [1.29, 1.82) is 5.26 Å². The Hall–Kier alpha value is -2.02. The van der Waals surface area contributed by atoms with Gasteiger partial charge in [0.05, 0.1) is 11.6 Å². The standard InChI is InChI=1S/C12H12N2O2/c13-8-9-3-5-10(6-4-9)14-7-1-2-11(14)12(15)16/h3-6,11H,1-2,7H2,(H,15,16). The van der Waals surface area contributed by atoms with Crippen LogP contribution in [-0.2, 0) is 4.79 Å². The zero-order chi connectivity index (χ0) is 11.5. The fraction of sp³-hybridized carbons (Fsp3) is 0.333. The lowest BCUT2D eigenvalue weighted by molar-refractivity contribution is -0.138. The van der Waals surface area contributed by atoms with Crippen molar-refractivity contribution in [3.8, 4) is 6.07 Å². The normalized spacial score (nSPS) is 19.4. The number of carboxylic acids is 1. The summed E-state index contributed by atoms with van der Waals surface area (Å²) in [5, 5.41) is 17.7. The Morgan fingerprint density at radius 3 is 2.69 bits per heavy atom. The van der Waals surface area contributed by atoms with Crippen molar-refractivity contribution in [1.82, 2.24) is 0 Å². The van der Waals surface area contributed by atoms with Crippen molar-refractivity contribution < 1.29 is 9.90 Å². The van der Waals surface area contributed by atoms with Gasteiger partial charge in [0, 0.05) is 12.2 Å². The van der Waals surface area contributed by atoms with Gasteiger partial charge < -0.3 is 10.0 Å². The number of hydrogen-bond donors (Lipinski definition) is 1. The van der Waals surface area contributed by atoms with Gasteiger partial charge in [-0.2, -0.15) is 5.26 Å². The molecule has 82 valence electrons. The minimum Gasteiger partial charge on any atom is -0.480 e. The van der Waals surface area contributed by atoms with E-state index in [1.807, 2.05) is 11.0 Å². The number of carboxylic acid groups (broad SMARTS) is 1. The summed E-state index contributed by atoms with van der Waals surface area (Å²) in [5.74, 6) is -0.776. The molecule has 1 fully saturated rings. The average Bonchev–Trinajstić information content (AvgIpc) is 2.78. The number of nitrogens with zero attached hydrogens (tertiary/aromatic N) is 2. The third kappa shape index (κ3) is 1.84. The molecular formula is C12H12N2O2. The van der Waals surface area contributed by atoms with Crippen LogP contribution in [0, 0.1) is 11.3 Å². The summed E-state index contributed by atoms with van der Waals surface area (Å²) in [6, 6.07) is 8.66. The number of hydrogen-bond acceptors (Lipinski definition) is 3. The molecule has 0 radical (unpaired) electrons. The maximum Gasteiger partial charge on any atom is 0.326 e. The zero-order valence-electron chi connectivity index (χ0n) is 8.76. The molecule has 2 rings (SSSR count). The Balaban J connectivity index is 2.23. The van der Waals surface area contributed by atoms with Gasteiger partial charge >= 0.3 is 5.97 Å². The molecule has 0 spiro atoms. The van der Waals surface area contributed by atoms with Crippen LogP contribution in [0.3, 0.4) is 0 Å².